The van der Waals surface area contributed by atoms with Crippen LogP contribution in [-0.2, 0) is 0 Å². The molecular weight excluding hydrogens is 242 g/mol. The third kappa shape index (κ3) is 1.78. The zero-order chi connectivity index (χ0) is 13.4. The minimum atomic E-state index is 1.02. The molecule has 1 aromatic rings. The van der Waals surface area contributed by atoms with Crippen molar-refractivity contribution in [2.75, 3.05) is 4.90 Å². The Balaban J connectivity index is 1.94. The van der Waals surface area contributed by atoms with E-state index in [0.717, 1.165) is 19.3 Å². The molecule has 1 aromatic carbocycles. The van der Waals surface area contributed by atoms with Crippen LogP contribution in [0.2, 0.25) is 0 Å². The lowest BCUT2D eigenvalue weighted by molar-refractivity contribution is 0.828. The predicted molar refractivity (Wildman–Crippen MR) is 84.2 cm³/mol. The molecule has 0 aromatic heterocycles. The standard InChI is InChI=1S/C19H17N/c1-2-9-16(10-3-1)20-17-11-5-4-8-15(14-17)18-12-6-7-13-19(18)20/h1-6,8-12H,7,13-14H2. The van der Waals surface area contributed by atoms with E-state index in [2.05, 4.69) is 71.7 Å². The molecule has 2 aliphatic carbocycles. The van der Waals surface area contributed by atoms with E-state index in [-0.39, 0.29) is 0 Å². The van der Waals surface area contributed by atoms with Crippen molar-refractivity contribution >= 4 is 5.69 Å². The molecule has 1 nitrogen and oxygen atoms in total. The lowest BCUT2D eigenvalue weighted by Crippen LogP contribution is -2.28. The molecule has 0 saturated carbocycles. The highest BCUT2D eigenvalue weighted by Crippen LogP contribution is 2.42. The van der Waals surface area contributed by atoms with Crippen molar-refractivity contribution in [2.24, 2.45) is 0 Å². The summed E-state index contributed by atoms with van der Waals surface area (Å²) in [5.41, 5.74) is 6.97. The third-order valence-corrected chi connectivity index (χ3v) is 4.13. The number of para-hydroxylation sites is 1. The zero-order valence-corrected chi connectivity index (χ0v) is 11.4. The van der Waals surface area contributed by atoms with Gasteiger partial charge in [0.15, 0.2) is 0 Å². The first-order valence-corrected chi connectivity index (χ1v) is 7.25. The Hall–Kier alpha value is -2.28. The SMILES string of the molecule is C1=CC=C2CC(=C1)C1=C(CCC=C1)N2c1ccccc1. The molecule has 0 fully saturated rings. The van der Waals surface area contributed by atoms with Crippen LogP contribution in [0.3, 0.4) is 0 Å². The van der Waals surface area contributed by atoms with E-state index < -0.39 is 0 Å². The van der Waals surface area contributed by atoms with Gasteiger partial charge in [-0.05, 0) is 42.2 Å². The van der Waals surface area contributed by atoms with Gasteiger partial charge in [-0.3, -0.25) is 0 Å². The maximum Gasteiger partial charge on any atom is 0.0455 e. The van der Waals surface area contributed by atoms with Crippen LogP contribution in [0.15, 0.2) is 89.3 Å². The molecule has 0 unspecified atom stereocenters. The highest BCUT2D eigenvalue weighted by Gasteiger charge is 2.28. The van der Waals surface area contributed by atoms with E-state index >= 15 is 0 Å². The van der Waals surface area contributed by atoms with E-state index in [0.29, 0.717) is 0 Å². The lowest BCUT2D eigenvalue weighted by Gasteiger charge is -2.37. The van der Waals surface area contributed by atoms with Gasteiger partial charge in [0.1, 0.15) is 0 Å². The number of anilines is 1. The monoisotopic (exact) mass is 259 g/mol. The highest BCUT2D eigenvalue weighted by atomic mass is 15.2. The van der Waals surface area contributed by atoms with Crippen molar-refractivity contribution in [3.8, 4) is 0 Å². The molecule has 98 valence electrons. The van der Waals surface area contributed by atoms with Gasteiger partial charge in [-0.2, -0.15) is 0 Å². The minimum Gasteiger partial charge on any atom is -0.317 e. The second-order valence-electron chi connectivity index (χ2n) is 5.38. The molecule has 20 heavy (non-hydrogen) atoms. The van der Waals surface area contributed by atoms with Crippen LogP contribution in [0.4, 0.5) is 5.69 Å². The van der Waals surface area contributed by atoms with Crippen LogP contribution < -0.4 is 4.90 Å². The quantitative estimate of drug-likeness (QED) is 0.694. The summed E-state index contributed by atoms with van der Waals surface area (Å²) >= 11 is 0. The largest absolute Gasteiger partial charge is 0.317 e. The third-order valence-electron chi connectivity index (χ3n) is 4.13. The zero-order valence-electron chi connectivity index (χ0n) is 11.4. The number of fused-ring (bicyclic) bond motifs is 3. The van der Waals surface area contributed by atoms with Gasteiger partial charge in [-0.25, -0.2) is 0 Å². The van der Waals surface area contributed by atoms with Gasteiger partial charge in [-0.15, -0.1) is 0 Å². The number of nitrogens with zero attached hydrogens (tertiary/aromatic N) is 1. The fourth-order valence-corrected chi connectivity index (χ4v) is 3.24. The molecular formula is C19H17N. The summed E-state index contributed by atoms with van der Waals surface area (Å²) in [4.78, 5) is 2.45. The van der Waals surface area contributed by atoms with Gasteiger partial charge < -0.3 is 4.90 Å². The van der Waals surface area contributed by atoms with Crippen molar-refractivity contribution in [3.05, 3.63) is 89.3 Å². The maximum absolute atomic E-state index is 2.45. The summed E-state index contributed by atoms with van der Waals surface area (Å²) in [6.45, 7) is 0. The van der Waals surface area contributed by atoms with E-state index in [1.54, 1.807) is 0 Å². The van der Waals surface area contributed by atoms with Crippen molar-refractivity contribution in [3.63, 3.8) is 0 Å². The van der Waals surface area contributed by atoms with Crippen LogP contribution in [0.5, 0.6) is 0 Å². The van der Waals surface area contributed by atoms with Gasteiger partial charge >= 0.3 is 0 Å². The van der Waals surface area contributed by atoms with Crippen LogP contribution in [0, 0.1) is 0 Å². The summed E-state index contributed by atoms with van der Waals surface area (Å²) in [6, 6.07) is 10.7. The van der Waals surface area contributed by atoms with Crippen LogP contribution in [0.1, 0.15) is 19.3 Å². The first kappa shape index (κ1) is 11.5. The number of hydrogen-bond acceptors (Lipinski definition) is 1. The molecule has 1 heterocycles. The summed E-state index contributed by atoms with van der Waals surface area (Å²) in [7, 11) is 0. The summed E-state index contributed by atoms with van der Waals surface area (Å²) in [5, 5.41) is 0. The first-order chi connectivity index (χ1) is 9.93. The Bertz CT molecular complexity index is 684. The topological polar surface area (TPSA) is 3.24 Å². The van der Waals surface area contributed by atoms with Crippen molar-refractivity contribution in [2.45, 2.75) is 19.3 Å². The molecule has 0 N–H and O–H groups in total. The smallest absolute Gasteiger partial charge is 0.0455 e. The lowest BCUT2D eigenvalue weighted by atomic mass is 9.88. The second kappa shape index (κ2) is 4.68. The van der Waals surface area contributed by atoms with Gasteiger partial charge in [0, 0.05) is 23.5 Å². The van der Waals surface area contributed by atoms with Crippen molar-refractivity contribution < 1.29 is 0 Å². The van der Waals surface area contributed by atoms with Gasteiger partial charge in [-0.1, -0.05) is 48.6 Å². The highest BCUT2D eigenvalue weighted by molar-refractivity contribution is 5.68. The second-order valence-corrected chi connectivity index (χ2v) is 5.38. The normalized spacial score (nSPS) is 20.3. The molecule has 0 atom stereocenters. The van der Waals surface area contributed by atoms with Crippen LogP contribution >= 0.6 is 0 Å². The maximum atomic E-state index is 2.45. The van der Waals surface area contributed by atoms with E-state index in [9.17, 15) is 0 Å². The van der Waals surface area contributed by atoms with Crippen LogP contribution in [-0.4, -0.2) is 0 Å². The fourth-order valence-electron chi connectivity index (χ4n) is 3.24. The average Bonchev–Trinajstić information content (AvgIpc) is 2.72. The molecule has 3 aliphatic rings. The molecule has 4 rings (SSSR count). The molecule has 1 heteroatoms. The van der Waals surface area contributed by atoms with E-state index in [1.165, 1.54) is 28.2 Å². The Kier molecular flexibility index (Phi) is 2.70. The minimum absolute atomic E-state index is 1.02. The number of benzene rings is 1. The molecule has 0 spiro atoms. The Labute approximate surface area is 119 Å². The predicted octanol–water partition coefficient (Wildman–Crippen LogP) is 4.88. The molecule has 0 saturated heterocycles. The summed E-state index contributed by atoms with van der Waals surface area (Å²) in [6.07, 6.45) is 16.7. The molecule has 0 amide bonds. The molecule has 0 radical (unpaired) electrons. The number of rotatable bonds is 1. The Morgan fingerprint density at radius 2 is 1.80 bits per heavy atom. The van der Waals surface area contributed by atoms with Crippen LogP contribution in [0.25, 0.3) is 0 Å². The van der Waals surface area contributed by atoms with Gasteiger partial charge in [0.05, 0.1) is 0 Å². The van der Waals surface area contributed by atoms with E-state index in [4.69, 9.17) is 0 Å². The van der Waals surface area contributed by atoms with Crippen molar-refractivity contribution in [1.29, 1.82) is 0 Å². The summed E-state index contributed by atoms with van der Waals surface area (Å²) in [5.74, 6) is 0. The number of allylic oxidation sites excluding steroid dienone is 9. The van der Waals surface area contributed by atoms with Gasteiger partial charge in [0.2, 0.25) is 0 Å². The number of hydrogen-bond donors (Lipinski definition) is 0. The Morgan fingerprint density at radius 3 is 2.70 bits per heavy atom. The molecule has 2 bridgehead atoms. The van der Waals surface area contributed by atoms with Crippen molar-refractivity contribution in [1.82, 2.24) is 0 Å². The van der Waals surface area contributed by atoms with Gasteiger partial charge in [0.25, 0.3) is 0 Å². The molecule has 1 aliphatic heterocycles. The fraction of sp³-hybridized carbons (Fsp3) is 0.158. The first-order valence-electron chi connectivity index (χ1n) is 7.25. The Morgan fingerprint density at radius 1 is 0.950 bits per heavy atom. The summed E-state index contributed by atoms with van der Waals surface area (Å²) < 4.78 is 0. The van der Waals surface area contributed by atoms with E-state index in [1.807, 2.05) is 0 Å². The average molecular weight is 259 g/mol.